The lowest BCUT2D eigenvalue weighted by molar-refractivity contribution is 0.103. The summed E-state index contributed by atoms with van der Waals surface area (Å²) in [4.78, 5) is 12.3. The van der Waals surface area contributed by atoms with Crippen molar-refractivity contribution in [2.45, 2.75) is 6.61 Å². The fourth-order valence-corrected chi connectivity index (χ4v) is 2.21. The quantitative estimate of drug-likeness (QED) is 0.871. The first kappa shape index (κ1) is 13.3. The second-order valence-electron chi connectivity index (χ2n) is 3.80. The molecule has 0 aromatic heterocycles. The minimum atomic E-state index is -0.173. The Morgan fingerprint density at radius 2 is 1.83 bits per heavy atom. The Hall–Kier alpha value is -1.16. The third kappa shape index (κ3) is 2.80. The van der Waals surface area contributed by atoms with Crippen LogP contribution in [0, 0.1) is 0 Å². The van der Waals surface area contributed by atoms with Gasteiger partial charge >= 0.3 is 0 Å². The van der Waals surface area contributed by atoms with E-state index in [4.69, 9.17) is 11.6 Å². The monoisotopic (exact) mass is 324 g/mol. The lowest BCUT2D eigenvalue weighted by Gasteiger charge is -2.07. The van der Waals surface area contributed by atoms with Gasteiger partial charge in [-0.3, -0.25) is 4.79 Å². The number of rotatable bonds is 3. The van der Waals surface area contributed by atoms with Crippen LogP contribution in [0.3, 0.4) is 0 Å². The van der Waals surface area contributed by atoms with Crippen molar-refractivity contribution in [1.82, 2.24) is 0 Å². The van der Waals surface area contributed by atoms with Gasteiger partial charge in [-0.1, -0.05) is 27.5 Å². The van der Waals surface area contributed by atoms with Gasteiger partial charge in [0.05, 0.1) is 6.61 Å². The molecule has 0 unspecified atom stereocenters. The molecule has 4 heteroatoms. The van der Waals surface area contributed by atoms with Crippen molar-refractivity contribution < 1.29 is 9.90 Å². The van der Waals surface area contributed by atoms with E-state index in [2.05, 4.69) is 15.9 Å². The molecule has 2 rings (SSSR count). The molecule has 0 saturated heterocycles. The minimum absolute atomic E-state index is 0.122. The van der Waals surface area contributed by atoms with Gasteiger partial charge < -0.3 is 5.11 Å². The van der Waals surface area contributed by atoms with Gasteiger partial charge in [-0.05, 0) is 48.0 Å². The second kappa shape index (κ2) is 5.65. The molecule has 2 nitrogen and oxygen atoms in total. The number of hydrogen-bond acceptors (Lipinski definition) is 2. The van der Waals surface area contributed by atoms with Crippen molar-refractivity contribution in [3.8, 4) is 0 Å². The maximum absolute atomic E-state index is 12.3. The van der Waals surface area contributed by atoms with Crippen LogP contribution in [-0.4, -0.2) is 10.9 Å². The molecule has 0 fully saturated rings. The summed E-state index contributed by atoms with van der Waals surface area (Å²) in [5.74, 6) is -0.122. The second-order valence-corrected chi connectivity index (χ2v) is 5.15. The van der Waals surface area contributed by atoms with Crippen LogP contribution >= 0.6 is 27.5 Å². The zero-order valence-corrected chi connectivity index (χ0v) is 11.7. The maximum Gasteiger partial charge on any atom is 0.193 e. The summed E-state index contributed by atoms with van der Waals surface area (Å²) < 4.78 is 0.833. The zero-order chi connectivity index (χ0) is 13.1. The number of aliphatic hydroxyl groups is 1. The molecule has 2 aromatic carbocycles. The molecule has 0 aliphatic rings. The van der Waals surface area contributed by atoms with Crippen LogP contribution in [0.15, 0.2) is 46.9 Å². The highest BCUT2D eigenvalue weighted by molar-refractivity contribution is 9.10. The molecule has 0 radical (unpaired) electrons. The van der Waals surface area contributed by atoms with Gasteiger partial charge in [-0.15, -0.1) is 0 Å². The smallest absolute Gasteiger partial charge is 0.193 e. The Bertz CT molecular complexity index is 579. The largest absolute Gasteiger partial charge is 0.392 e. The third-order valence-electron chi connectivity index (χ3n) is 2.59. The summed E-state index contributed by atoms with van der Waals surface area (Å²) >= 11 is 9.10. The van der Waals surface area contributed by atoms with E-state index >= 15 is 0 Å². The lowest BCUT2D eigenvalue weighted by atomic mass is 9.99. The van der Waals surface area contributed by atoms with E-state index in [0.29, 0.717) is 21.7 Å². The average Bonchev–Trinajstić information content (AvgIpc) is 2.38. The Kier molecular flexibility index (Phi) is 4.17. The first-order valence-electron chi connectivity index (χ1n) is 5.31. The van der Waals surface area contributed by atoms with E-state index in [-0.39, 0.29) is 12.4 Å². The average molecular weight is 326 g/mol. The summed E-state index contributed by atoms with van der Waals surface area (Å²) in [6, 6.07) is 11.9. The van der Waals surface area contributed by atoms with Crippen LogP contribution in [0.5, 0.6) is 0 Å². The molecule has 0 saturated carbocycles. The summed E-state index contributed by atoms with van der Waals surface area (Å²) in [7, 11) is 0. The summed E-state index contributed by atoms with van der Waals surface area (Å²) in [6.07, 6.45) is 0. The highest BCUT2D eigenvalue weighted by Crippen LogP contribution is 2.20. The van der Waals surface area contributed by atoms with Gasteiger partial charge in [0, 0.05) is 20.6 Å². The lowest BCUT2D eigenvalue weighted by Crippen LogP contribution is -2.05. The van der Waals surface area contributed by atoms with Crippen LogP contribution in [0.2, 0.25) is 5.02 Å². The Morgan fingerprint density at radius 3 is 2.44 bits per heavy atom. The summed E-state index contributed by atoms with van der Waals surface area (Å²) in [5, 5.41) is 9.88. The van der Waals surface area contributed by atoms with Crippen molar-refractivity contribution in [3.63, 3.8) is 0 Å². The van der Waals surface area contributed by atoms with Gasteiger partial charge in [0.15, 0.2) is 5.78 Å². The molecule has 2 aromatic rings. The fourth-order valence-electron chi connectivity index (χ4n) is 1.67. The predicted molar refractivity (Wildman–Crippen MR) is 74.9 cm³/mol. The molecule has 0 aliphatic heterocycles. The van der Waals surface area contributed by atoms with Crippen molar-refractivity contribution in [1.29, 1.82) is 0 Å². The van der Waals surface area contributed by atoms with Crippen molar-refractivity contribution in [2.75, 3.05) is 0 Å². The number of benzene rings is 2. The highest BCUT2D eigenvalue weighted by Gasteiger charge is 2.13. The van der Waals surface area contributed by atoms with Crippen LogP contribution in [-0.2, 0) is 6.61 Å². The normalized spacial score (nSPS) is 10.4. The Balaban J connectivity index is 2.42. The number of halogens is 2. The number of carbonyl (C=O) groups excluding carboxylic acids is 1. The fraction of sp³-hybridized carbons (Fsp3) is 0.0714. The Morgan fingerprint density at radius 1 is 1.17 bits per heavy atom. The first-order chi connectivity index (χ1) is 8.61. The molecule has 0 bridgehead atoms. The SMILES string of the molecule is O=C(c1ccc(Cl)cc1)c1ccc(Br)cc1CO. The number of ketones is 1. The molecular formula is C14H10BrClO2. The first-order valence-corrected chi connectivity index (χ1v) is 6.48. The number of hydrogen-bond donors (Lipinski definition) is 1. The van der Waals surface area contributed by atoms with Gasteiger partial charge in [0.2, 0.25) is 0 Å². The van der Waals surface area contributed by atoms with E-state index in [1.807, 2.05) is 0 Å². The number of aliphatic hydroxyl groups excluding tert-OH is 1. The van der Waals surface area contributed by atoms with Crippen LogP contribution < -0.4 is 0 Å². The highest BCUT2D eigenvalue weighted by atomic mass is 79.9. The molecule has 0 spiro atoms. The van der Waals surface area contributed by atoms with Crippen molar-refractivity contribution >= 4 is 33.3 Å². The Labute approximate surface area is 118 Å². The summed E-state index contributed by atoms with van der Waals surface area (Å²) in [5.41, 5.74) is 1.66. The molecule has 18 heavy (non-hydrogen) atoms. The molecule has 1 N–H and O–H groups in total. The molecule has 0 aliphatic carbocycles. The third-order valence-corrected chi connectivity index (χ3v) is 3.33. The topological polar surface area (TPSA) is 37.3 Å². The van der Waals surface area contributed by atoms with E-state index in [1.165, 1.54) is 0 Å². The minimum Gasteiger partial charge on any atom is -0.392 e. The van der Waals surface area contributed by atoms with Crippen LogP contribution in [0.25, 0.3) is 0 Å². The van der Waals surface area contributed by atoms with Crippen molar-refractivity contribution in [3.05, 3.63) is 68.7 Å². The molecule has 0 heterocycles. The van der Waals surface area contributed by atoms with E-state index in [9.17, 15) is 9.90 Å². The van der Waals surface area contributed by atoms with E-state index in [0.717, 1.165) is 4.47 Å². The van der Waals surface area contributed by atoms with Gasteiger partial charge in [-0.25, -0.2) is 0 Å². The zero-order valence-electron chi connectivity index (χ0n) is 9.36. The van der Waals surface area contributed by atoms with Gasteiger partial charge in [0.1, 0.15) is 0 Å². The van der Waals surface area contributed by atoms with Crippen molar-refractivity contribution in [2.24, 2.45) is 0 Å². The van der Waals surface area contributed by atoms with Crippen LogP contribution in [0.1, 0.15) is 21.5 Å². The predicted octanol–water partition coefficient (Wildman–Crippen LogP) is 3.83. The standard InChI is InChI=1S/C14H10BrClO2/c15-11-3-6-13(10(7-11)8-17)14(18)9-1-4-12(16)5-2-9/h1-7,17H,8H2. The molecular weight excluding hydrogens is 316 g/mol. The molecule has 0 amide bonds. The maximum atomic E-state index is 12.3. The van der Waals surface area contributed by atoms with Gasteiger partial charge in [0.25, 0.3) is 0 Å². The number of carbonyl (C=O) groups is 1. The van der Waals surface area contributed by atoms with E-state index in [1.54, 1.807) is 42.5 Å². The summed E-state index contributed by atoms with van der Waals surface area (Å²) in [6.45, 7) is -0.173. The molecule has 92 valence electrons. The van der Waals surface area contributed by atoms with E-state index < -0.39 is 0 Å². The molecule has 0 atom stereocenters. The van der Waals surface area contributed by atoms with Crippen LogP contribution in [0.4, 0.5) is 0 Å². The van der Waals surface area contributed by atoms with Gasteiger partial charge in [-0.2, -0.15) is 0 Å².